The second-order valence-corrected chi connectivity index (χ2v) is 5.11. The quantitative estimate of drug-likeness (QED) is 0.731. The molecule has 2 unspecified atom stereocenters. The molecule has 2 heterocycles. The van der Waals surface area contributed by atoms with E-state index in [1.54, 1.807) is 0 Å². The molecule has 0 radical (unpaired) electrons. The molecular weight excluding hydrogens is 220 g/mol. The van der Waals surface area contributed by atoms with Crippen LogP contribution >= 0.6 is 0 Å². The van der Waals surface area contributed by atoms with Crippen LogP contribution in [0.1, 0.15) is 26.2 Å². The second-order valence-electron chi connectivity index (χ2n) is 5.11. The fourth-order valence-corrected chi connectivity index (χ4v) is 2.31. The SMILES string of the molecule is CC1(CNC(=O)CC2COCCN2)CCCO1. The molecule has 98 valence electrons. The van der Waals surface area contributed by atoms with E-state index < -0.39 is 0 Å². The first-order valence-corrected chi connectivity index (χ1v) is 6.40. The van der Waals surface area contributed by atoms with Gasteiger partial charge in [0.25, 0.3) is 0 Å². The summed E-state index contributed by atoms with van der Waals surface area (Å²) in [7, 11) is 0. The Morgan fingerprint density at radius 1 is 1.53 bits per heavy atom. The average molecular weight is 242 g/mol. The fourth-order valence-electron chi connectivity index (χ4n) is 2.31. The minimum Gasteiger partial charge on any atom is -0.378 e. The van der Waals surface area contributed by atoms with Gasteiger partial charge in [0.2, 0.25) is 5.91 Å². The number of morpholine rings is 1. The maximum absolute atomic E-state index is 11.7. The van der Waals surface area contributed by atoms with E-state index in [0.717, 1.165) is 32.6 Å². The first kappa shape index (κ1) is 12.8. The van der Waals surface area contributed by atoms with Gasteiger partial charge in [0.15, 0.2) is 0 Å². The lowest BCUT2D eigenvalue weighted by molar-refractivity contribution is -0.123. The molecule has 0 aromatic heterocycles. The molecule has 5 heteroatoms. The van der Waals surface area contributed by atoms with E-state index in [1.165, 1.54) is 0 Å². The van der Waals surface area contributed by atoms with Crippen LogP contribution < -0.4 is 10.6 Å². The second kappa shape index (κ2) is 5.80. The van der Waals surface area contributed by atoms with Gasteiger partial charge < -0.3 is 20.1 Å². The van der Waals surface area contributed by atoms with Gasteiger partial charge in [-0.05, 0) is 19.8 Å². The van der Waals surface area contributed by atoms with E-state index in [-0.39, 0.29) is 17.6 Å². The highest BCUT2D eigenvalue weighted by Crippen LogP contribution is 2.23. The zero-order valence-corrected chi connectivity index (χ0v) is 10.5. The highest BCUT2D eigenvalue weighted by Gasteiger charge is 2.30. The number of amides is 1. The van der Waals surface area contributed by atoms with E-state index in [9.17, 15) is 4.79 Å². The zero-order valence-electron chi connectivity index (χ0n) is 10.5. The topological polar surface area (TPSA) is 59.6 Å². The first-order chi connectivity index (χ1) is 8.18. The standard InChI is InChI=1S/C12H22N2O3/c1-12(3-2-5-17-12)9-14-11(15)7-10-8-16-6-4-13-10/h10,13H,2-9H2,1H3,(H,14,15). The van der Waals surface area contributed by atoms with Crippen LogP contribution in [-0.2, 0) is 14.3 Å². The number of nitrogens with one attached hydrogen (secondary N) is 2. The van der Waals surface area contributed by atoms with Gasteiger partial charge in [-0.15, -0.1) is 0 Å². The molecule has 2 rings (SSSR count). The smallest absolute Gasteiger partial charge is 0.221 e. The molecule has 1 amide bonds. The molecule has 2 saturated heterocycles. The lowest BCUT2D eigenvalue weighted by atomic mass is 10.0. The largest absolute Gasteiger partial charge is 0.378 e. The van der Waals surface area contributed by atoms with Gasteiger partial charge in [0.1, 0.15) is 0 Å². The molecule has 2 fully saturated rings. The van der Waals surface area contributed by atoms with Crippen molar-refractivity contribution in [2.24, 2.45) is 0 Å². The van der Waals surface area contributed by atoms with Crippen molar-refractivity contribution in [1.29, 1.82) is 0 Å². The van der Waals surface area contributed by atoms with Crippen LogP contribution in [-0.4, -0.2) is 50.5 Å². The summed E-state index contributed by atoms with van der Waals surface area (Å²) in [6.45, 7) is 5.68. The Labute approximate surface area is 102 Å². The van der Waals surface area contributed by atoms with Gasteiger partial charge in [-0.1, -0.05) is 0 Å². The molecular formula is C12H22N2O3. The lowest BCUT2D eigenvalue weighted by Gasteiger charge is -2.26. The number of hydrogen-bond acceptors (Lipinski definition) is 4. The number of ether oxygens (including phenoxy) is 2. The van der Waals surface area contributed by atoms with Gasteiger partial charge >= 0.3 is 0 Å². The maximum Gasteiger partial charge on any atom is 0.221 e. The van der Waals surface area contributed by atoms with Gasteiger partial charge in [0.05, 0.1) is 18.8 Å². The molecule has 17 heavy (non-hydrogen) atoms. The Hall–Kier alpha value is -0.650. The molecule has 0 aromatic carbocycles. The van der Waals surface area contributed by atoms with Crippen LogP contribution in [0.2, 0.25) is 0 Å². The highest BCUT2D eigenvalue weighted by atomic mass is 16.5. The normalized spacial score (nSPS) is 33.6. The van der Waals surface area contributed by atoms with Gasteiger partial charge in [-0.3, -0.25) is 4.79 Å². The number of hydrogen-bond donors (Lipinski definition) is 2. The van der Waals surface area contributed by atoms with Crippen molar-refractivity contribution in [3.05, 3.63) is 0 Å². The minimum absolute atomic E-state index is 0.0738. The van der Waals surface area contributed by atoms with Gasteiger partial charge in [-0.25, -0.2) is 0 Å². The van der Waals surface area contributed by atoms with E-state index in [1.807, 2.05) is 0 Å². The van der Waals surface area contributed by atoms with Crippen molar-refractivity contribution < 1.29 is 14.3 Å². The molecule has 0 aromatic rings. The average Bonchev–Trinajstić information content (AvgIpc) is 2.76. The summed E-state index contributed by atoms with van der Waals surface area (Å²) in [5, 5.41) is 6.22. The van der Waals surface area contributed by atoms with Crippen LogP contribution in [0.5, 0.6) is 0 Å². The molecule has 2 aliphatic heterocycles. The number of carbonyl (C=O) groups excluding carboxylic acids is 1. The Morgan fingerprint density at radius 3 is 3.06 bits per heavy atom. The van der Waals surface area contributed by atoms with Crippen LogP contribution in [0.4, 0.5) is 0 Å². The predicted octanol–water partition coefficient (Wildman–Crippen LogP) is 0.0502. The van der Waals surface area contributed by atoms with Crippen LogP contribution in [0.3, 0.4) is 0 Å². The van der Waals surface area contributed by atoms with Crippen molar-refractivity contribution in [2.45, 2.75) is 37.8 Å². The van der Waals surface area contributed by atoms with E-state index in [0.29, 0.717) is 19.6 Å². The summed E-state index contributed by atoms with van der Waals surface area (Å²) in [5.41, 5.74) is -0.161. The molecule has 0 spiro atoms. The maximum atomic E-state index is 11.7. The summed E-state index contributed by atoms with van der Waals surface area (Å²) in [5.74, 6) is 0.0738. The van der Waals surface area contributed by atoms with Crippen molar-refractivity contribution in [2.75, 3.05) is 32.9 Å². The Kier molecular flexibility index (Phi) is 4.36. The third kappa shape index (κ3) is 3.94. The number of rotatable bonds is 4. The lowest BCUT2D eigenvalue weighted by Crippen LogP contribution is -2.46. The van der Waals surface area contributed by atoms with Crippen molar-refractivity contribution in [1.82, 2.24) is 10.6 Å². The highest BCUT2D eigenvalue weighted by molar-refractivity contribution is 5.76. The van der Waals surface area contributed by atoms with E-state index in [2.05, 4.69) is 17.6 Å². The zero-order chi connectivity index (χ0) is 12.1. The molecule has 5 nitrogen and oxygen atoms in total. The Bertz CT molecular complexity index is 258. The Morgan fingerprint density at radius 2 is 2.41 bits per heavy atom. The number of carbonyl (C=O) groups is 1. The molecule has 0 aliphatic carbocycles. The molecule has 2 aliphatic rings. The van der Waals surface area contributed by atoms with Gasteiger partial charge in [0, 0.05) is 32.2 Å². The van der Waals surface area contributed by atoms with Crippen LogP contribution in [0.15, 0.2) is 0 Å². The summed E-state index contributed by atoms with van der Waals surface area (Å²) >= 11 is 0. The molecule has 0 saturated carbocycles. The van der Waals surface area contributed by atoms with Crippen LogP contribution in [0, 0.1) is 0 Å². The summed E-state index contributed by atoms with van der Waals surface area (Å²) in [6, 6.07) is 0.154. The van der Waals surface area contributed by atoms with Crippen molar-refractivity contribution >= 4 is 5.91 Å². The summed E-state index contributed by atoms with van der Waals surface area (Å²) in [4.78, 5) is 11.7. The molecule has 2 N–H and O–H groups in total. The van der Waals surface area contributed by atoms with Crippen molar-refractivity contribution in [3.63, 3.8) is 0 Å². The van der Waals surface area contributed by atoms with Gasteiger partial charge in [-0.2, -0.15) is 0 Å². The monoisotopic (exact) mass is 242 g/mol. The van der Waals surface area contributed by atoms with E-state index in [4.69, 9.17) is 9.47 Å². The van der Waals surface area contributed by atoms with E-state index >= 15 is 0 Å². The predicted molar refractivity (Wildman–Crippen MR) is 63.8 cm³/mol. The summed E-state index contributed by atoms with van der Waals surface area (Å²) in [6.07, 6.45) is 2.60. The van der Waals surface area contributed by atoms with Crippen molar-refractivity contribution in [3.8, 4) is 0 Å². The Balaban J connectivity index is 1.66. The first-order valence-electron chi connectivity index (χ1n) is 6.40. The summed E-state index contributed by atoms with van der Waals surface area (Å²) < 4.78 is 10.9. The van der Waals surface area contributed by atoms with Crippen LogP contribution in [0.25, 0.3) is 0 Å². The molecule has 2 atom stereocenters. The third-order valence-electron chi connectivity index (χ3n) is 3.39. The fraction of sp³-hybridized carbons (Fsp3) is 0.917. The minimum atomic E-state index is -0.161. The third-order valence-corrected chi connectivity index (χ3v) is 3.39. The molecule has 0 bridgehead atoms.